The molecule has 9 nitrogen and oxygen atoms in total. The van der Waals surface area contributed by atoms with E-state index in [0.717, 1.165) is 22.9 Å². The molecule has 0 radical (unpaired) electrons. The highest BCUT2D eigenvalue weighted by Gasteiger charge is 2.40. The van der Waals surface area contributed by atoms with Crippen LogP contribution < -0.4 is 0 Å². The van der Waals surface area contributed by atoms with Crippen molar-refractivity contribution in [2.45, 2.75) is 32.0 Å². The number of likely N-dealkylation sites (tertiary alicyclic amines) is 1. The zero-order valence-electron chi connectivity index (χ0n) is 21.0. The maximum Gasteiger partial charge on any atom is 0.434 e. The minimum atomic E-state index is -4.74. The number of aromatic nitrogens is 4. The minimum absolute atomic E-state index is 0.0859. The summed E-state index contributed by atoms with van der Waals surface area (Å²) in [7, 11) is 0. The highest BCUT2D eigenvalue weighted by Crippen LogP contribution is 2.38. The van der Waals surface area contributed by atoms with Gasteiger partial charge in [-0.15, -0.1) is 0 Å². The molecule has 2 aromatic carbocycles. The molecule has 2 aromatic heterocycles. The summed E-state index contributed by atoms with van der Waals surface area (Å²) in [4.78, 5) is 17.4. The summed E-state index contributed by atoms with van der Waals surface area (Å²) < 4.78 is 48.3. The van der Waals surface area contributed by atoms with E-state index in [-0.39, 0.29) is 23.0 Å². The fraction of sp³-hybridized carbons (Fsp3) is 0.333. The molecule has 2 N–H and O–H groups in total. The highest BCUT2D eigenvalue weighted by molar-refractivity contribution is 5.70. The normalized spacial score (nSPS) is 17.3. The predicted molar refractivity (Wildman–Crippen MR) is 134 cm³/mol. The Balaban J connectivity index is 1.35. The second kappa shape index (κ2) is 10.6. The molecule has 4 aromatic rings. The van der Waals surface area contributed by atoms with Crippen LogP contribution in [-0.2, 0) is 11.0 Å². The molecule has 1 aliphatic heterocycles. The van der Waals surface area contributed by atoms with Crippen LogP contribution in [0.1, 0.15) is 35.8 Å². The molecule has 0 aliphatic carbocycles. The summed E-state index contributed by atoms with van der Waals surface area (Å²) in [5.74, 6) is -1.51. The van der Waals surface area contributed by atoms with Gasteiger partial charge in [-0.2, -0.15) is 23.3 Å². The second-order valence-corrected chi connectivity index (χ2v) is 9.65. The Labute approximate surface area is 221 Å². The lowest BCUT2D eigenvalue weighted by molar-refractivity contribution is -0.144. The van der Waals surface area contributed by atoms with E-state index >= 15 is 0 Å². The number of benzene rings is 2. The summed E-state index contributed by atoms with van der Waals surface area (Å²) >= 11 is 0. The summed E-state index contributed by atoms with van der Waals surface area (Å²) in [5.41, 5.74) is 0.779. The summed E-state index contributed by atoms with van der Waals surface area (Å²) in [6, 6.07) is 13.2. The van der Waals surface area contributed by atoms with Crippen molar-refractivity contribution in [1.29, 1.82) is 0 Å². The maximum absolute atomic E-state index is 14.1. The molecule has 2 atom stereocenters. The highest BCUT2D eigenvalue weighted by atomic mass is 19.4. The van der Waals surface area contributed by atoms with Gasteiger partial charge in [0.25, 0.3) is 5.89 Å². The number of aryl methyl sites for hydroxylation is 1. The van der Waals surface area contributed by atoms with E-state index in [4.69, 9.17) is 4.52 Å². The SMILES string of the molecule is Cc1cccc(-n2ncc(-c3nc(-c4ccc([C@H](O)CN5CCC[C@H](C(=O)O)C5)cc4)no3)c2C(F)(F)F)c1. The summed E-state index contributed by atoms with van der Waals surface area (Å²) in [6.45, 7) is 3.17. The van der Waals surface area contributed by atoms with Crippen LogP contribution in [0.5, 0.6) is 0 Å². The number of hydrogen-bond acceptors (Lipinski definition) is 7. The van der Waals surface area contributed by atoms with Crippen molar-refractivity contribution in [3.63, 3.8) is 0 Å². The maximum atomic E-state index is 14.1. The first kappa shape index (κ1) is 26.6. The van der Waals surface area contributed by atoms with Crippen LogP contribution in [-0.4, -0.2) is 60.6 Å². The zero-order valence-corrected chi connectivity index (χ0v) is 21.0. The Bertz CT molecular complexity index is 1460. The van der Waals surface area contributed by atoms with Crippen molar-refractivity contribution in [1.82, 2.24) is 24.8 Å². The number of carboxylic acid groups (broad SMARTS) is 1. The van der Waals surface area contributed by atoms with Gasteiger partial charge in [-0.05, 0) is 49.6 Å². The van der Waals surface area contributed by atoms with Crippen molar-refractivity contribution in [2.24, 2.45) is 5.92 Å². The van der Waals surface area contributed by atoms with Gasteiger partial charge in [0.2, 0.25) is 5.82 Å². The number of aliphatic hydroxyl groups excluding tert-OH is 1. The van der Waals surface area contributed by atoms with Gasteiger partial charge in [0.15, 0.2) is 5.69 Å². The third kappa shape index (κ3) is 5.71. The Morgan fingerprint density at radius 2 is 1.97 bits per heavy atom. The molecule has 0 amide bonds. The van der Waals surface area contributed by atoms with Crippen LogP contribution in [0, 0.1) is 12.8 Å². The second-order valence-electron chi connectivity index (χ2n) is 9.65. The number of β-amino-alcohol motifs (C(OH)–C–C–N with tert-alkyl or cyclic N) is 1. The number of carboxylic acids is 1. The van der Waals surface area contributed by atoms with Crippen LogP contribution in [0.3, 0.4) is 0 Å². The van der Waals surface area contributed by atoms with Gasteiger partial charge in [0.1, 0.15) is 0 Å². The van der Waals surface area contributed by atoms with E-state index in [1.807, 2.05) is 4.90 Å². The number of alkyl halides is 3. The average Bonchev–Trinajstić information content (AvgIpc) is 3.57. The molecule has 0 unspecified atom stereocenters. The lowest BCUT2D eigenvalue weighted by Crippen LogP contribution is -2.40. The number of rotatable bonds is 7. The lowest BCUT2D eigenvalue weighted by Gasteiger charge is -2.32. The molecular weight excluding hydrogens is 515 g/mol. The first-order chi connectivity index (χ1) is 18.6. The van der Waals surface area contributed by atoms with Gasteiger partial charge in [-0.25, -0.2) is 4.68 Å². The standard InChI is InChI=1S/C27H26F3N5O4/c1-16-4-2-6-20(12-16)35-23(27(28,29)30)21(13-31-35)25-32-24(33-39-25)18-9-7-17(8-10-18)22(36)15-34-11-3-5-19(14-34)26(37)38/h2,4,6-10,12-13,19,22,36H,3,5,11,14-15H2,1H3,(H,37,38)/t19-,22+/m0/s1. The van der Waals surface area contributed by atoms with Gasteiger partial charge >= 0.3 is 12.1 Å². The Kier molecular flexibility index (Phi) is 7.23. The fourth-order valence-corrected chi connectivity index (χ4v) is 4.81. The number of aliphatic carboxylic acids is 1. The van der Waals surface area contributed by atoms with Crippen LogP contribution >= 0.6 is 0 Å². The molecule has 1 aliphatic rings. The summed E-state index contributed by atoms with van der Waals surface area (Å²) in [6.07, 6.45) is -3.14. The molecule has 39 heavy (non-hydrogen) atoms. The molecule has 12 heteroatoms. The predicted octanol–water partition coefficient (Wildman–Crippen LogP) is 4.75. The molecule has 5 rings (SSSR count). The average molecular weight is 542 g/mol. The van der Waals surface area contributed by atoms with Crippen LogP contribution in [0.15, 0.2) is 59.3 Å². The van der Waals surface area contributed by atoms with Gasteiger partial charge in [0, 0.05) is 18.7 Å². The van der Waals surface area contributed by atoms with E-state index in [2.05, 4.69) is 15.2 Å². The van der Waals surface area contributed by atoms with E-state index in [1.54, 1.807) is 49.4 Å². The number of nitrogens with zero attached hydrogens (tertiary/aromatic N) is 5. The Hall–Kier alpha value is -4.03. The quantitative estimate of drug-likeness (QED) is 0.344. The molecule has 0 spiro atoms. The smallest absolute Gasteiger partial charge is 0.434 e. The monoisotopic (exact) mass is 541 g/mol. The Morgan fingerprint density at radius 1 is 1.21 bits per heavy atom. The van der Waals surface area contributed by atoms with Crippen LogP contribution in [0.4, 0.5) is 13.2 Å². The third-order valence-electron chi connectivity index (χ3n) is 6.78. The minimum Gasteiger partial charge on any atom is -0.481 e. The van der Waals surface area contributed by atoms with Crippen molar-refractivity contribution < 1.29 is 32.7 Å². The number of carbonyl (C=O) groups is 1. The lowest BCUT2D eigenvalue weighted by atomic mass is 9.97. The van der Waals surface area contributed by atoms with E-state index in [1.165, 1.54) is 6.07 Å². The van der Waals surface area contributed by atoms with E-state index in [0.29, 0.717) is 37.2 Å². The molecule has 0 bridgehead atoms. The first-order valence-electron chi connectivity index (χ1n) is 12.4. The molecule has 1 saturated heterocycles. The number of halogens is 3. The number of aliphatic hydroxyl groups is 1. The van der Waals surface area contributed by atoms with Gasteiger partial charge in [0.05, 0.1) is 29.5 Å². The first-order valence-corrected chi connectivity index (χ1v) is 12.4. The molecule has 204 valence electrons. The van der Waals surface area contributed by atoms with Crippen LogP contribution in [0.2, 0.25) is 0 Å². The molecular formula is C27H26F3N5O4. The number of piperidine rings is 1. The third-order valence-corrected chi connectivity index (χ3v) is 6.78. The molecule has 3 heterocycles. The van der Waals surface area contributed by atoms with Crippen molar-refractivity contribution in [3.8, 4) is 28.5 Å². The van der Waals surface area contributed by atoms with Crippen molar-refractivity contribution in [3.05, 3.63) is 71.5 Å². The van der Waals surface area contributed by atoms with Crippen molar-refractivity contribution >= 4 is 5.97 Å². The molecule has 0 saturated carbocycles. The molecule has 1 fully saturated rings. The zero-order chi connectivity index (χ0) is 27.7. The Morgan fingerprint density at radius 3 is 2.67 bits per heavy atom. The van der Waals surface area contributed by atoms with E-state index < -0.39 is 29.9 Å². The number of hydrogen-bond donors (Lipinski definition) is 2. The largest absolute Gasteiger partial charge is 0.481 e. The van der Waals surface area contributed by atoms with Gasteiger partial charge < -0.3 is 14.7 Å². The van der Waals surface area contributed by atoms with Crippen LogP contribution in [0.25, 0.3) is 28.5 Å². The topological polar surface area (TPSA) is 118 Å². The fourth-order valence-electron chi connectivity index (χ4n) is 4.81. The summed E-state index contributed by atoms with van der Waals surface area (Å²) in [5, 5.41) is 27.8. The van der Waals surface area contributed by atoms with Crippen molar-refractivity contribution in [2.75, 3.05) is 19.6 Å². The van der Waals surface area contributed by atoms with Gasteiger partial charge in [-0.1, -0.05) is 41.6 Å². The van der Waals surface area contributed by atoms with Gasteiger partial charge in [-0.3, -0.25) is 9.69 Å². The van der Waals surface area contributed by atoms with E-state index in [9.17, 15) is 28.2 Å².